The number of sulfonamides is 1. The summed E-state index contributed by atoms with van der Waals surface area (Å²) in [5.41, 5.74) is -2.46. The van der Waals surface area contributed by atoms with Gasteiger partial charge in [-0.05, 0) is 63.6 Å². The van der Waals surface area contributed by atoms with Gasteiger partial charge >= 0.3 is 6.18 Å². The molecule has 2 N–H and O–H groups in total. The van der Waals surface area contributed by atoms with Crippen molar-refractivity contribution in [2.75, 3.05) is 10.5 Å². The largest absolute Gasteiger partial charge is 0.416 e. The molecule has 1 aromatic carbocycles. The van der Waals surface area contributed by atoms with Gasteiger partial charge in [0.25, 0.3) is 5.91 Å². The van der Waals surface area contributed by atoms with Crippen LogP contribution in [0.4, 0.5) is 18.9 Å². The zero-order valence-electron chi connectivity index (χ0n) is 15.9. The highest BCUT2D eigenvalue weighted by atomic mass is 32.2. The van der Waals surface area contributed by atoms with Gasteiger partial charge in [-0.3, -0.25) is 9.52 Å². The standard InChI is InChI=1S/C19H22F3N3O3S/c1-2-29(27,28)25-15-11-13(19(20,21)22)3-4-14(15)16(26)24-18-8-5-17(12-23,6-9-18)7-10-18/h3-4,11,25H,2,5-10H2,1H3,(H,24,26). The molecular formula is C19H22F3N3O3S. The maximum atomic E-state index is 13.1. The third-order valence-corrected chi connectivity index (χ3v) is 7.39. The van der Waals surface area contributed by atoms with E-state index in [-0.39, 0.29) is 16.7 Å². The third kappa shape index (κ3) is 4.34. The topological polar surface area (TPSA) is 99.1 Å². The average Bonchev–Trinajstić information content (AvgIpc) is 2.68. The maximum absolute atomic E-state index is 13.1. The van der Waals surface area contributed by atoms with Gasteiger partial charge in [-0.15, -0.1) is 0 Å². The summed E-state index contributed by atoms with van der Waals surface area (Å²) in [6, 6.07) is 4.77. The molecule has 0 heterocycles. The molecule has 3 fully saturated rings. The summed E-state index contributed by atoms with van der Waals surface area (Å²) in [6.07, 6.45) is -0.854. The third-order valence-electron chi connectivity index (χ3n) is 6.10. The Bertz CT molecular complexity index is 943. The fraction of sp³-hybridized carbons (Fsp3) is 0.579. The van der Waals surface area contributed by atoms with Crippen LogP contribution < -0.4 is 10.0 Å². The molecule has 3 aliphatic rings. The van der Waals surface area contributed by atoms with E-state index < -0.39 is 38.9 Å². The number of nitrogens with one attached hydrogen (secondary N) is 2. The van der Waals surface area contributed by atoms with E-state index in [1.807, 2.05) is 0 Å². The number of fused-ring (bicyclic) bond motifs is 3. The van der Waals surface area contributed by atoms with Crippen LogP contribution in [0.3, 0.4) is 0 Å². The summed E-state index contributed by atoms with van der Waals surface area (Å²) in [6.45, 7) is 1.35. The van der Waals surface area contributed by atoms with Crippen molar-refractivity contribution in [3.63, 3.8) is 0 Å². The Balaban J connectivity index is 1.89. The molecule has 1 aromatic rings. The van der Waals surface area contributed by atoms with Gasteiger partial charge in [0.2, 0.25) is 10.0 Å². The molecule has 0 aromatic heterocycles. The summed E-state index contributed by atoms with van der Waals surface area (Å²) in [4.78, 5) is 12.9. The number of alkyl halides is 3. The van der Waals surface area contributed by atoms with E-state index in [9.17, 15) is 31.6 Å². The number of nitrogens with zero attached hydrogens (tertiary/aromatic N) is 1. The second-order valence-corrected chi connectivity index (χ2v) is 9.90. The van der Waals surface area contributed by atoms with Crippen LogP contribution in [0.15, 0.2) is 18.2 Å². The van der Waals surface area contributed by atoms with Crippen molar-refractivity contribution < 1.29 is 26.4 Å². The molecule has 10 heteroatoms. The van der Waals surface area contributed by atoms with Gasteiger partial charge in [0.15, 0.2) is 0 Å². The lowest BCUT2D eigenvalue weighted by Crippen LogP contribution is -2.56. The molecule has 0 spiro atoms. The molecule has 4 rings (SSSR count). The number of carbonyl (C=O) groups is 1. The van der Waals surface area contributed by atoms with E-state index in [4.69, 9.17) is 0 Å². The smallest absolute Gasteiger partial charge is 0.347 e. The maximum Gasteiger partial charge on any atom is 0.416 e. The molecule has 29 heavy (non-hydrogen) atoms. The van der Waals surface area contributed by atoms with E-state index in [0.29, 0.717) is 44.6 Å². The number of benzene rings is 1. The van der Waals surface area contributed by atoms with Crippen molar-refractivity contribution in [2.24, 2.45) is 5.41 Å². The fourth-order valence-corrected chi connectivity index (χ4v) is 4.74. The predicted molar refractivity (Wildman–Crippen MR) is 100 cm³/mol. The van der Waals surface area contributed by atoms with Crippen LogP contribution in [-0.2, 0) is 16.2 Å². The van der Waals surface area contributed by atoms with Crippen molar-refractivity contribution in [2.45, 2.75) is 57.2 Å². The van der Waals surface area contributed by atoms with Crippen LogP contribution in [0.5, 0.6) is 0 Å². The van der Waals surface area contributed by atoms with Gasteiger partial charge in [0.05, 0.1) is 34.1 Å². The Kier molecular flexibility index (Phi) is 5.32. The summed E-state index contributed by atoms with van der Waals surface area (Å²) < 4.78 is 65.2. The lowest BCUT2D eigenvalue weighted by atomic mass is 9.58. The van der Waals surface area contributed by atoms with E-state index >= 15 is 0 Å². The number of hydrogen-bond acceptors (Lipinski definition) is 4. The molecule has 6 nitrogen and oxygen atoms in total. The van der Waals surface area contributed by atoms with E-state index in [1.54, 1.807) is 0 Å². The quantitative estimate of drug-likeness (QED) is 0.743. The molecule has 0 unspecified atom stereocenters. The van der Waals surface area contributed by atoms with Crippen molar-refractivity contribution in [1.82, 2.24) is 5.32 Å². The molecule has 2 bridgehead atoms. The molecule has 0 aliphatic heterocycles. The lowest BCUT2D eigenvalue weighted by Gasteiger charge is -2.50. The van der Waals surface area contributed by atoms with Crippen LogP contribution in [-0.4, -0.2) is 25.6 Å². The molecule has 0 saturated heterocycles. The van der Waals surface area contributed by atoms with Crippen molar-refractivity contribution >= 4 is 21.6 Å². The molecule has 0 atom stereocenters. The second-order valence-electron chi connectivity index (χ2n) is 7.89. The van der Waals surface area contributed by atoms with Crippen LogP contribution in [0.25, 0.3) is 0 Å². The summed E-state index contributed by atoms with van der Waals surface area (Å²) in [5.74, 6) is -0.969. The molecule has 1 amide bonds. The van der Waals surface area contributed by atoms with Gasteiger partial charge in [-0.1, -0.05) is 0 Å². The van der Waals surface area contributed by atoms with Crippen LogP contribution >= 0.6 is 0 Å². The Labute approximate surface area is 167 Å². The fourth-order valence-electron chi connectivity index (χ4n) is 4.09. The van der Waals surface area contributed by atoms with Crippen molar-refractivity contribution in [1.29, 1.82) is 5.26 Å². The number of anilines is 1. The first-order chi connectivity index (χ1) is 13.4. The SMILES string of the molecule is CCS(=O)(=O)Nc1cc(C(F)(F)F)ccc1C(=O)NC12CCC(C#N)(CC1)CC2. The van der Waals surface area contributed by atoms with Crippen molar-refractivity contribution in [3.05, 3.63) is 29.3 Å². The minimum absolute atomic E-state index is 0.160. The molecule has 3 saturated carbocycles. The first kappa shape index (κ1) is 21.4. The first-order valence-electron chi connectivity index (χ1n) is 9.39. The van der Waals surface area contributed by atoms with Crippen LogP contribution in [0.1, 0.15) is 61.4 Å². The second kappa shape index (κ2) is 7.20. The van der Waals surface area contributed by atoms with Crippen molar-refractivity contribution in [3.8, 4) is 6.07 Å². The lowest BCUT2D eigenvalue weighted by molar-refractivity contribution is -0.137. The Hall–Kier alpha value is -2.28. The summed E-state index contributed by atoms with van der Waals surface area (Å²) in [7, 11) is -3.88. The number of rotatable bonds is 5. The Morgan fingerprint density at radius 3 is 2.24 bits per heavy atom. The zero-order chi connectivity index (χ0) is 21.5. The van der Waals surface area contributed by atoms with Gasteiger partial charge < -0.3 is 5.32 Å². The average molecular weight is 429 g/mol. The predicted octanol–water partition coefficient (Wildman–Crippen LogP) is 3.81. The zero-order valence-corrected chi connectivity index (χ0v) is 16.7. The van der Waals surface area contributed by atoms with E-state index in [0.717, 1.165) is 12.1 Å². The summed E-state index contributed by atoms with van der Waals surface area (Å²) in [5, 5.41) is 12.3. The Morgan fingerprint density at radius 2 is 1.76 bits per heavy atom. The van der Waals surface area contributed by atoms with Crippen LogP contribution in [0, 0.1) is 16.7 Å². The highest BCUT2D eigenvalue weighted by Crippen LogP contribution is 2.52. The number of halogens is 3. The van der Waals surface area contributed by atoms with Gasteiger partial charge in [0, 0.05) is 5.54 Å². The van der Waals surface area contributed by atoms with Gasteiger partial charge in [-0.2, -0.15) is 18.4 Å². The Morgan fingerprint density at radius 1 is 1.17 bits per heavy atom. The summed E-state index contributed by atoms with van der Waals surface area (Å²) >= 11 is 0. The highest BCUT2D eigenvalue weighted by Gasteiger charge is 2.49. The normalized spacial score (nSPS) is 26.6. The molecule has 3 aliphatic carbocycles. The number of carbonyl (C=O) groups excluding carboxylic acids is 1. The van der Waals surface area contributed by atoms with Gasteiger partial charge in [-0.25, -0.2) is 8.42 Å². The number of nitriles is 1. The number of hydrogen-bond donors (Lipinski definition) is 2. The monoisotopic (exact) mass is 429 g/mol. The molecule has 158 valence electrons. The number of amides is 1. The van der Waals surface area contributed by atoms with E-state index in [2.05, 4.69) is 16.1 Å². The minimum atomic E-state index is -4.67. The van der Waals surface area contributed by atoms with Gasteiger partial charge in [0.1, 0.15) is 0 Å². The molecule has 0 radical (unpaired) electrons. The van der Waals surface area contributed by atoms with E-state index in [1.165, 1.54) is 6.92 Å². The first-order valence-corrected chi connectivity index (χ1v) is 11.0. The molecular weight excluding hydrogens is 407 g/mol. The van der Waals surface area contributed by atoms with Crippen LogP contribution in [0.2, 0.25) is 0 Å². The minimum Gasteiger partial charge on any atom is -0.347 e. The highest BCUT2D eigenvalue weighted by molar-refractivity contribution is 7.92.